The smallest absolute Gasteiger partial charge is 0.410 e. The van der Waals surface area contributed by atoms with E-state index in [1.165, 1.54) is 0 Å². The van der Waals surface area contributed by atoms with Crippen LogP contribution in [0.25, 0.3) is 0 Å². The molecule has 0 aliphatic carbocycles. The number of aromatic carboxylic acids is 1. The Labute approximate surface area is 137 Å². The van der Waals surface area contributed by atoms with Crippen molar-refractivity contribution >= 4 is 12.1 Å². The van der Waals surface area contributed by atoms with Gasteiger partial charge in [0.1, 0.15) is 5.60 Å². The first-order chi connectivity index (χ1) is 10.8. The van der Waals surface area contributed by atoms with E-state index in [0.717, 1.165) is 18.4 Å². The van der Waals surface area contributed by atoms with Gasteiger partial charge in [-0.1, -0.05) is 18.2 Å². The van der Waals surface area contributed by atoms with Crippen LogP contribution in [-0.4, -0.2) is 40.8 Å². The standard InChI is InChI=1S/C18H25NO4/c1-18(2,3)23-17(22)19-10-6-7-13(12-19)11-14-8-4-5-9-15(14)16(20)21/h4-5,8-9,13H,6-7,10-12H2,1-3H3,(H,20,21). The molecule has 1 amide bonds. The summed E-state index contributed by atoms with van der Waals surface area (Å²) in [4.78, 5) is 25.2. The predicted molar refractivity (Wildman–Crippen MR) is 87.6 cm³/mol. The van der Waals surface area contributed by atoms with Crippen LogP contribution in [0, 0.1) is 5.92 Å². The van der Waals surface area contributed by atoms with Crippen molar-refractivity contribution in [1.29, 1.82) is 0 Å². The van der Waals surface area contributed by atoms with Crippen LogP contribution in [0.2, 0.25) is 0 Å². The molecule has 2 rings (SSSR count). The summed E-state index contributed by atoms with van der Waals surface area (Å²) in [7, 11) is 0. The highest BCUT2D eigenvalue weighted by Crippen LogP contribution is 2.24. The van der Waals surface area contributed by atoms with Crippen molar-refractivity contribution in [2.24, 2.45) is 5.92 Å². The molecule has 1 fully saturated rings. The second-order valence-electron chi connectivity index (χ2n) is 7.10. The van der Waals surface area contributed by atoms with Gasteiger partial charge in [0, 0.05) is 13.1 Å². The van der Waals surface area contributed by atoms with Gasteiger partial charge in [-0.05, 0) is 57.6 Å². The van der Waals surface area contributed by atoms with Crippen molar-refractivity contribution < 1.29 is 19.4 Å². The van der Waals surface area contributed by atoms with Gasteiger partial charge < -0.3 is 14.7 Å². The maximum atomic E-state index is 12.2. The summed E-state index contributed by atoms with van der Waals surface area (Å²) in [5.74, 6) is -0.642. The number of rotatable bonds is 3. The minimum absolute atomic E-state index is 0.261. The number of hydrogen-bond acceptors (Lipinski definition) is 3. The molecule has 1 aromatic rings. The number of likely N-dealkylation sites (tertiary alicyclic amines) is 1. The number of carboxylic acids is 1. The quantitative estimate of drug-likeness (QED) is 0.925. The molecule has 23 heavy (non-hydrogen) atoms. The minimum Gasteiger partial charge on any atom is -0.478 e. The molecule has 0 aromatic heterocycles. The lowest BCUT2D eigenvalue weighted by atomic mass is 9.89. The van der Waals surface area contributed by atoms with Crippen molar-refractivity contribution in [2.45, 2.75) is 45.6 Å². The Bertz CT molecular complexity index is 577. The van der Waals surface area contributed by atoms with E-state index in [2.05, 4.69) is 0 Å². The van der Waals surface area contributed by atoms with E-state index in [9.17, 15) is 14.7 Å². The number of carbonyl (C=O) groups excluding carboxylic acids is 1. The molecule has 0 bridgehead atoms. The highest BCUT2D eigenvalue weighted by Gasteiger charge is 2.28. The van der Waals surface area contributed by atoms with Gasteiger partial charge in [-0.3, -0.25) is 0 Å². The first-order valence-electron chi connectivity index (χ1n) is 8.05. The van der Waals surface area contributed by atoms with Crippen LogP contribution in [0.3, 0.4) is 0 Å². The molecular formula is C18H25NO4. The SMILES string of the molecule is CC(C)(C)OC(=O)N1CCCC(Cc2ccccc2C(=O)O)C1. The number of hydrogen-bond donors (Lipinski definition) is 1. The zero-order valence-electron chi connectivity index (χ0n) is 14.0. The maximum Gasteiger partial charge on any atom is 0.410 e. The molecule has 0 spiro atoms. The van der Waals surface area contributed by atoms with E-state index in [1.807, 2.05) is 32.9 Å². The summed E-state index contributed by atoms with van der Waals surface area (Å²) >= 11 is 0. The van der Waals surface area contributed by atoms with Gasteiger partial charge in [0.15, 0.2) is 0 Å². The Morgan fingerprint density at radius 1 is 1.30 bits per heavy atom. The lowest BCUT2D eigenvalue weighted by Crippen LogP contribution is -2.43. The van der Waals surface area contributed by atoms with Crippen LogP contribution in [-0.2, 0) is 11.2 Å². The van der Waals surface area contributed by atoms with E-state index >= 15 is 0 Å². The van der Waals surface area contributed by atoms with Crippen LogP contribution in [0.1, 0.15) is 49.5 Å². The summed E-state index contributed by atoms with van der Waals surface area (Å²) in [6, 6.07) is 7.08. The van der Waals surface area contributed by atoms with Crippen LogP contribution in [0.5, 0.6) is 0 Å². The first kappa shape index (κ1) is 17.3. The average molecular weight is 319 g/mol. The van der Waals surface area contributed by atoms with Crippen molar-refractivity contribution in [2.75, 3.05) is 13.1 Å². The molecule has 1 aromatic carbocycles. The van der Waals surface area contributed by atoms with Gasteiger partial charge in [0.05, 0.1) is 5.56 Å². The Morgan fingerprint density at radius 2 is 2.00 bits per heavy atom. The second kappa shape index (κ2) is 7.02. The van der Waals surface area contributed by atoms with Crippen molar-refractivity contribution in [3.05, 3.63) is 35.4 Å². The fourth-order valence-electron chi connectivity index (χ4n) is 2.94. The normalized spacial score (nSPS) is 18.6. The van der Waals surface area contributed by atoms with E-state index in [-0.39, 0.29) is 12.0 Å². The molecule has 5 heteroatoms. The number of amides is 1. The Hall–Kier alpha value is -2.04. The molecule has 0 radical (unpaired) electrons. The molecule has 1 heterocycles. The third kappa shape index (κ3) is 4.98. The zero-order valence-corrected chi connectivity index (χ0v) is 14.0. The molecule has 1 atom stereocenters. The Kier molecular flexibility index (Phi) is 5.29. The van der Waals surface area contributed by atoms with Crippen molar-refractivity contribution in [3.8, 4) is 0 Å². The van der Waals surface area contributed by atoms with E-state index < -0.39 is 11.6 Å². The van der Waals surface area contributed by atoms with Crippen molar-refractivity contribution in [1.82, 2.24) is 4.90 Å². The highest BCUT2D eigenvalue weighted by molar-refractivity contribution is 5.89. The Balaban J connectivity index is 2.02. The molecule has 126 valence electrons. The topological polar surface area (TPSA) is 66.8 Å². The fraction of sp³-hybridized carbons (Fsp3) is 0.556. The molecule has 5 nitrogen and oxygen atoms in total. The number of piperidine rings is 1. The lowest BCUT2D eigenvalue weighted by molar-refractivity contribution is 0.0165. The molecule has 1 aliphatic heterocycles. The minimum atomic E-state index is -0.902. The maximum absolute atomic E-state index is 12.2. The lowest BCUT2D eigenvalue weighted by Gasteiger charge is -2.34. The van der Waals surface area contributed by atoms with Gasteiger partial charge >= 0.3 is 12.1 Å². The molecule has 1 N–H and O–H groups in total. The van der Waals surface area contributed by atoms with Gasteiger partial charge in [-0.2, -0.15) is 0 Å². The van der Waals surface area contributed by atoms with Crippen molar-refractivity contribution in [3.63, 3.8) is 0 Å². The molecule has 1 aliphatic rings. The predicted octanol–water partition coefficient (Wildman–Crippen LogP) is 3.57. The zero-order chi connectivity index (χ0) is 17.0. The average Bonchev–Trinajstić information content (AvgIpc) is 2.46. The third-order valence-corrected chi connectivity index (χ3v) is 3.93. The second-order valence-corrected chi connectivity index (χ2v) is 7.10. The monoisotopic (exact) mass is 319 g/mol. The van der Waals surface area contributed by atoms with Crippen LogP contribution in [0.15, 0.2) is 24.3 Å². The van der Waals surface area contributed by atoms with Gasteiger partial charge in [-0.15, -0.1) is 0 Å². The largest absolute Gasteiger partial charge is 0.478 e. The number of ether oxygens (including phenoxy) is 1. The fourth-order valence-corrected chi connectivity index (χ4v) is 2.94. The van der Waals surface area contributed by atoms with Crippen LogP contribution < -0.4 is 0 Å². The van der Waals surface area contributed by atoms with Gasteiger partial charge in [0.2, 0.25) is 0 Å². The summed E-state index contributed by atoms with van der Waals surface area (Å²) in [5, 5.41) is 9.28. The first-order valence-corrected chi connectivity index (χ1v) is 8.05. The molecule has 1 saturated heterocycles. The summed E-state index contributed by atoms with van der Waals surface area (Å²) in [6.45, 7) is 6.88. The molecule has 1 unspecified atom stereocenters. The summed E-state index contributed by atoms with van der Waals surface area (Å²) in [5.41, 5.74) is 0.679. The molecule has 0 saturated carbocycles. The van der Waals surface area contributed by atoms with Gasteiger partial charge in [-0.25, -0.2) is 9.59 Å². The number of carboxylic acid groups (broad SMARTS) is 1. The van der Waals surface area contributed by atoms with E-state index in [1.54, 1.807) is 17.0 Å². The summed E-state index contributed by atoms with van der Waals surface area (Å²) < 4.78 is 5.43. The third-order valence-electron chi connectivity index (χ3n) is 3.93. The molecular weight excluding hydrogens is 294 g/mol. The van der Waals surface area contributed by atoms with Crippen LogP contribution in [0.4, 0.5) is 4.79 Å². The Morgan fingerprint density at radius 3 is 2.65 bits per heavy atom. The number of nitrogens with zero attached hydrogens (tertiary/aromatic N) is 1. The van der Waals surface area contributed by atoms with Crippen LogP contribution >= 0.6 is 0 Å². The highest BCUT2D eigenvalue weighted by atomic mass is 16.6. The summed E-state index contributed by atoms with van der Waals surface area (Å²) in [6.07, 6.45) is 2.29. The van der Waals surface area contributed by atoms with E-state index in [0.29, 0.717) is 25.1 Å². The number of benzene rings is 1. The van der Waals surface area contributed by atoms with E-state index in [4.69, 9.17) is 4.74 Å². The number of carbonyl (C=O) groups is 2. The van der Waals surface area contributed by atoms with Gasteiger partial charge in [0.25, 0.3) is 0 Å².